The Kier molecular flexibility index (Phi) is 7.66. The van der Waals surface area contributed by atoms with E-state index in [9.17, 15) is 9.59 Å². The van der Waals surface area contributed by atoms with Crippen LogP contribution in [0, 0.1) is 12.8 Å². The summed E-state index contributed by atoms with van der Waals surface area (Å²) in [5.41, 5.74) is 3.81. The quantitative estimate of drug-likeness (QED) is 0.492. The summed E-state index contributed by atoms with van der Waals surface area (Å²) in [5, 5.41) is 3.15. The zero-order valence-corrected chi connectivity index (χ0v) is 21.3. The number of amides is 1. The number of fused-ring (bicyclic) bond motifs is 1. The summed E-state index contributed by atoms with van der Waals surface area (Å²) in [6.07, 6.45) is 5.29. The third kappa shape index (κ3) is 5.62. The van der Waals surface area contributed by atoms with Gasteiger partial charge < -0.3 is 15.1 Å². The fraction of sp³-hybridized carbons (Fsp3) is 0.483. The lowest BCUT2D eigenvalue weighted by atomic mass is 9.97. The number of carbonyl (C=O) groups is 1. The van der Waals surface area contributed by atoms with E-state index < -0.39 is 0 Å². The van der Waals surface area contributed by atoms with E-state index in [2.05, 4.69) is 41.4 Å². The first-order valence-corrected chi connectivity index (χ1v) is 13.4. The van der Waals surface area contributed by atoms with E-state index in [4.69, 9.17) is 4.98 Å². The molecular formula is C29H37N5O2. The third-order valence-corrected chi connectivity index (χ3v) is 7.54. The SMILES string of the molecule is Cc1ccc(Cn2c(=O)c(N3CCCC(C(=O)NCCCN4CCCC4)C3)nc3ccccc32)cc1. The summed E-state index contributed by atoms with van der Waals surface area (Å²) in [6.45, 7) is 7.96. The number of piperidine rings is 1. The molecular weight excluding hydrogens is 450 g/mol. The Morgan fingerprint density at radius 1 is 1.03 bits per heavy atom. The van der Waals surface area contributed by atoms with Crippen LogP contribution in [0.1, 0.15) is 43.2 Å². The Morgan fingerprint density at radius 2 is 1.81 bits per heavy atom. The van der Waals surface area contributed by atoms with Crippen molar-refractivity contribution < 1.29 is 4.79 Å². The third-order valence-electron chi connectivity index (χ3n) is 7.54. The van der Waals surface area contributed by atoms with Crippen LogP contribution in [0.25, 0.3) is 11.0 Å². The highest BCUT2D eigenvalue weighted by molar-refractivity contribution is 5.80. The molecule has 36 heavy (non-hydrogen) atoms. The lowest BCUT2D eigenvalue weighted by Crippen LogP contribution is -2.46. The molecule has 3 heterocycles. The molecule has 2 aliphatic rings. The van der Waals surface area contributed by atoms with Gasteiger partial charge in [-0.15, -0.1) is 0 Å². The average Bonchev–Trinajstić information content (AvgIpc) is 3.43. The van der Waals surface area contributed by atoms with Gasteiger partial charge in [0, 0.05) is 19.6 Å². The number of hydrogen-bond donors (Lipinski definition) is 1. The molecule has 0 spiro atoms. The number of aryl methyl sites for hydroxylation is 1. The average molecular weight is 488 g/mol. The number of carbonyl (C=O) groups excluding carboxylic acids is 1. The second-order valence-corrected chi connectivity index (χ2v) is 10.3. The van der Waals surface area contributed by atoms with Crippen molar-refractivity contribution in [3.05, 3.63) is 70.0 Å². The van der Waals surface area contributed by atoms with Gasteiger partial charge in [0.1, 0.15) is 0 Å². The van der Waals surface area contributed by atoms with Gasteiger partial charge in [0.2, 0.25) is 5.91 Å². The standard InChI is InChI=1S/C29H37N5O2/c1-22-11-13-23(14-12-22)20-34-26-10-3-2-9-25(26)31-27(29(34)36)33-19-6-8-24(21-33)28(35)30-15-7-18-32-16-4-5-17-32/h2-3,9-14,24H,4-8,15-21H2,1H3,(H,30,35). The first-order valence-electron chi connectivity index (χ1n) is 13.4. The van der Waals surface area contributed by atoms with Crippen molar-refractivity contribution in [1.29, 1.82) is 0 Å². The molecule has 3 aromatic rings. The van der Waals surface area contributed by atoms with E-state index in [-0.39, 0.29) is 17.4 Å². The van der Waals surface area contributed by atoms with Gasteiger partial charge >= 0.3 is 0 Å². The summed E-state index contributed by atoms with van der Waals surface area (Å²) in [5.74, 6) is 0.429. The number of rotatable bonds is 8. The normalized spacial score (nSPS) is 18.6. The Labute approximate surface area is 213 Å². The highest BCUT2D eigenvalue weighted by Crippen LogP contribution is 2.22. The van der Waals surface area contributed by atoms with Crippen LogP contribution < -0.4 is 15.8 Å². The monoisotopic (exact) mass is 487 g/mol. The largest absolute Gasteiger partial charge is 0.356 e. The van der Waals surface area contributed by atoms with Gasteiger partial charge in [-0.3, -0.25) is 14.2 Å². The molecule has 1 aromatic heterocycles. The van der Waals surface area contributed by atoms with Crippen LogP contribution in [0.5, 0.6) is 0 Å². The van der Waals surface area contributed by atoms with Crippen LogP contribution in [-0.4, -0.2) is 59.6 Å². The number of nitrogens with zero attached hydrogens (tertiary/aromatic N) is 4. The Bertz CT molecular complexity index is 1250. The van der Waals surface area contributed by atoms with E-state index in [1.165, 1.54) is 31.5 Å². The summed E-state index contributed by atoms with van der Waals surface area (Å²) in [6, 6.07) is 16.1. The number of anilines is 1. The predicted octanol–water partition coefficient (Wildman–Crippen LogP) is 3.57. The molecule has 1 amide bonds. The van der Waals surface area contributed by atoms with Crippen molar-refractivity contribution in [3.8, 4) is 0 Å². The molecule has 1 atom stereocenters. The van der Waals surface area contributed by atoms with Gasteiger partial charge in [-0.25, -0.2) is 4.98 Å². The van der Waals surface area contributed by atoms with Crippen LogP contribution in [0.15, 0.2) is 53.3 Å². The lowest BCUT2D eigenvalue weighted by molar-refractivity contribution is -0.125. The molecule has 0 bridgehead atoms. The zero-order valence-electron chi connectivity index (χ0n) is 21.3. The topological polar surface area (TPSA) is 70.5 Å². The van der Waals surface area contributed by atoms with Crippen LogP contribution in [0.3, 0.4) is 0 Å². The molecule has 0 saturated carbocycles. The molecule has 0 aliphatic carbocycles. The Morgan fingerprint density at radius 3 is 2.61 bits per heavy atom. The lowest BCUT2D eigenvalue weighted by Gasteiger charge is -2.33. The van der Waals surface area contributed by atoms with Gasteiger partial charge in [-0.05, 0) is 76.4 Å². The van der Waals surface area contributed by atoms with Gasteiger partial charge in [0.05, 0.1) is 23.5 Å². The summed E-state index contributed by atoms with van der Waals surface area (Å²) < 4.78 is 1.82. The van der Waals surface area contributed by atoms with Crippen molar-refractivity contribution in [2.75, 3.05) is 44.2 Å². The Balaban J connectivity index is 1.31. The van der Waals surface area contributed by atoms with Crippen LogP contribution in [0.4, 0.5) is 5.82 Å². The number of nitrogens with one attached hydrogen (secondary N) is 1. The maximum absolute atomic E-state index is 13.7. The molecule has 1 unspecified atom stereocenters. The van der Waals surface area contributed by atoms with Gasteiger partial charge in [-0.2, -0.15) is 0 Å². The van der Waals surface area contributed by atoms with Crippen LogP contribution >= 0.6 is 0 Å². The number of benzene rings is 2. The van der Waals surface area contributed by atoms with Crippen molar-refractivity contribution in [2.24, 2.45) is 5.92 Å². The molecule has 2 fully saturated rings. The number of para-hydroxylation sites is 2. The maximum Gasteiger partial charge on any atom is 0.294 e. The number of aromatic nitrogens is 2. The molecule has 2 aromatic carbocycles. The molecule has 2 aliphatic heterocycles. The zero-order chi connectivity index (χ0) is 24.9. The van der Waals surface area contributed by atoms with E-state index in [0.29, 0.717) is 25.5 Å². The summed E-state index contributed by atoms with van der Waals surface area (Å²) in [4.78, 5) is 36.0. The van der Waals surface area contributed by atoms with Crippen LogP contribution in [0.2, 0.25) is 0 Å². The van der Waals surface area contributed by atoms with Crippen molar-refractivity contribution in [3.63, 3.8) is 0 Å². The predicted molar refractivity (Wildman–Crippen MR) is 145 cm³/mol. The van der Waals surface area contributed by atoms with E-state index in [1.54, 1.807) is 0 Å². The molecule has 190 valence electrons. The molecule has 0 radical (unpaired) electrons. The van der Waals surface area contributed by atoms with Gasteiger partial charge in [0.25, 0.3) is 5.56 Å². The minimum Gasteiger partial charge on any atom is -0.356 e. The molecule has 1 N–H and O–H groups in total. The Hall–Kier alpha value is -3.19. The highest BCUT2D eigenvalue weighted by Gasteiger charge is 2.28. The minimum atomic E-state index is -0.122. The van der Waals surface area contributed by atoms with E-state index >= 15 is 0 Å². The second-order valence-electron chi connectivity index (χ2n) is 10.3. The second kappa shape index (κ2) is 11.2. The highest BCUT2D eigenvalue weighted by atomic mass is 16.2. The van der Waals surface area contributed by atoms with Crippen molar-refractivity contribution in [2.45, 2.75) is 45.6 Å². The molecule has 2 saturated heterocycles. The van der Waals surface area contributed by atoms with Crippen molar-refractivity contribution >= 4 is 22.8 Å². The van der Waals surface area contributed by atoms with Crippen LogP contribution in [-0.2, 0) is 11.3 Å². The van der Waals surface area contributed by atoms with E-state index in [1.807, 2.05) is 33.7 Å². The smallest absolute Gasteiger partial charge is 0.294 e. The first-order chi connectivity index (χ1) is 17.6. The fourth-order valence-electron chi connectivity index (χ4n) is 5.47. The van der Waals surface area contributed by atoms with Crippen molar-refractivity contribution in [1.82, 2.24) is 19.8 Å². The van der Waals surface area contributed by atoms with Gasteiger partial charge in [-0.1, -0.05) is 42.0 Å². The van der Waals surface area contributed by atoms with E-state index in [0.717, 1.165) is 48.9 Å². The summed E-state index contributed by atoms with van der Waals surface area (Å²) >= 11 is 0. The first kappa shape index (κ1) is 24.5. The minimum absolute atomic E-state index is 0.0963. The number of likely N-dealkylation sites (tertiary alicyclic amines) is 1. The molecule has 5 rings (SSSR count). The maximum atomic E-state index is 13.7. The molecule has 7 nitrogen and oxygen atoms in total. The van der Waals surface area contributed by atoms with Gasteiger partial charge in [0.15, 0.2) is 5.82 Å². The number of hydrogen-bond acceptors (Lipinski definition) is 5. The fourth-order valence-corrected chi connectivity index (χ4v) is 5.47. The summed E-state index contributed by atoms with van der Waals surface area (Å²) in [7, 11) is 0. The molecule has 7 heteroatoms.